The summed E-state index contributed by atoms with van der Waals surface area (Å²) in [4.78, 5) is 4.74. The number of rotatable bonds is 4. The summed E-state index contributed by atoms with van der Waals surface area (Å²) in [6, 6.07) is 21.6. The lowest BCUT2D eigenvalue weighted by Crippen LogP contribution is -2.26. The third-order valence-electron chi connectivity index (χ3n) is 4.51. The fraction of sp³-hybridized carbons (Fsp3) is 0.250. The fourth-order valence-electron chi connectivity index (χ4n) is 3.38. The first kappa shape index (κ1) is 14.2. The Kier molecular flexibility index (Phi) is 3.95. The van der Waals surface area contributed by atoms with Crippen LogP contribution >= 0.6 is 0 Å². The highest BCUT2D eigenvalue weighted by Gasteiger charge is 2.19. The highest BCUT2D eigenvalue weighted by Crippen LogP contribution is 2.31. The highest BCUT2D eigenvalue weighted by atomic mass is 15.1. The summed E-state index contributed by atoms with van der Waals surface area (Å²) in [5.74, 6) is 0. The molecule has 1 N–H and O–H groups in total. The van der Waals surface area contributed by atoms with Crippen LogP contribution in [0, 0.1) is 0 Å². The van der Waals surface area contributed by atoms with Gasteiger partial charge >= 0.3 is 0 Å². The number of imidazole rings is 1. The first-order valence-electron chi connectivity index (χ1n) is 8.31. The van der Waals surface area contributed by atoms with Crippen molar-refractivity contribution in [2.24, 2.45) is 0 Å². The largest absolute Gasteiger partial charge is 0.329 e. The lowest BCUT2D eigenvalue weighted by atomic mass is 10.0. The predicted octanol–water partition coefficient (Wildman–Crippen LogP) is 3.97. The summed E-state index contributed by atoms with van der Waals surface area (Å²) in [6.07, 6.45) is 4.50. The van der Waals surface area contributed by atoms with Gasteiger partial charge in [-0.2, -0.15) is 0 Å². The molecule has 0 spiro atoms. The minimum Gasteiger partial charge on any atom is -0.329 e. The van der Waals surface area contributed by atoms with Crippen molar-refractivity contribution in [2.75, 3.05) is 6.54 Å². The van der Waals surface area contributed by atoms with Gasteiger partial charge in [-0.15, -0.1) is 0 Å². The maximum Gasteiger partial charge on any atom is 0.0963 e. The van der Waals surface area contributed by atoms with E-state index in [1.165, 1.54) is 29.7 Å². The van der Waals surface area contributed by atoms with E-state index in [1.54, 1.807) is 0 Å². The highest BCUT2D eigenvalue weighted by molar-refractivity contribution is 5.78. The molecule has 1 fully saturated rings. The Labute approximate surface area is 137 Å². The average molecular weight is 303 g/mol. The van der Waals surface area contributed by atoms with Gasteiger partial charge in [0.15, 0.2) is 0 Å². The monoisotopic (exact) mass is 303 g/mol. The third-order valence-corrected chi connectivity index (χ3v) is 4.51. The molecule has 3 nitrogen and oxygen atoms in total. The van der Waals surface area contributed by atoms with Gasteiger partial charge in [-0.3, -0.25) is 0 Å². The molecule has 2 heterocycles. The number of benzene rings is 2. The van der Waals surface area contributed by atoms with Crippen molar-refractivity contribution in [3.63, 3.8) is 0 Å². The van der Waals surface area contributed by atoms with Gasteiger partial charge in [0, 0.05) is 23.7 Å². The molecule has 1 aliphatic rings. The topological polar surface area (TPSA) is 29.9 Å². The molecule has 1 aliphatic heterocycles. The Morgan fingerprint density at radius 3 is 2.30 bits per heavy atom. The zero-order chi connectivity index (χ0) is 15.5. The first-order valence-corrected chi connectivity index (χ1v) is 8.31. The molecule has 0 bridgehead atoms. The van der Waals surface area contributed by atoms with Crippen molar-refractivity contribution in [2.45, 2.75) is 25.4 Å². The lowest BCUT2D eigenvalue weighted by molar-refractivity contribution is 0.512. The molecule has 23 heavy (non-hydrogen) atoms. The molecule has 0 amide bonds. The van der Waals surface area contributed by atoms with Crippen LogP contribution < -0.4 is 5.32 Å². The summed E-state index contributed by atoms with van der Waals surface area (Å²) in [5, 5.41) is 3.58. The summed E-state index contributed by atoms with van der Waals surface area (Å²) in [5.41, 5.74) is 4.67. The van der Waals surface area contributed by atoms with Crippen LogP contribution in [0.25, 0.3) is 22.5 Å². The Morgan fingerprint density at radius 1 is 0.957 bits per heavy atom. The molecule has 1 saturated heterocycles. The van der Waals surface area contributed by atoms with Gasteiger partial charge in [-0.25, -0.2) is 4.98 Å². The summed E-state index contributed by atoms with van der Waals surface area (Å²) in [7, 11) is 0. The van der Waals surface area contributed by atoms with E-state index in [0.29, 0.717) is 6.04 Å². The number of nitrogens with zero attached hydrogens (tertiary/aromatic N) is 2. The number of nitrogens with one attached hydrogen (secondary N) is 1. The van der Waals surface area contributed by atoms with Gasteiger partial charge in [0.2, 0.25) is 0 Å². The van der Waals surface area contributed by atoms with Crippen LogP contribution in [0.3, 0.4) is 0 Å². The zero-order valence-electron chi connectivity index (χ0n) is 13.2. The van der Waals surface area contributed by atoms with Gasteiger partial charge in [0.1, 0.15) is 0 Å². The molecule has 4 rings (SSSR count). The Morgan fingerprint density at radius 2 is 1.65 bits per heavy atom. The van der Waals surface area contributed by atoms with Gasteiger partial charge in [-0.05, 0) is 19.4 Å². The van der Waals surface area contributed by atoms with E-state index in [1.807, 2.05) is 12.4 Å². The van der Waals surface area contributed by atoms with Crippen LogP contribution in [0.15, 0.2) is 67.0 Å². The van der Waals surface area contributed by atoms with Crippen molar-refractivity contribution in [3.05, 3.63) is 67.0 Å². The number of hydrogen-bond acceptors (Lipinski definition) is 2. The molecular weight excluding hydrogens is 282 g/mol. The van der Waals surface area contributed by atoms with Crippen molar-refractivity contribution < 1.29 is 0 Å². The van der Waals surface area contributed by atoms with Crippen LogP contribution in [0.4, 0.5) is 0 Å². The quantitative estimate of drug-likeness (QED) is 0.790. The molecule has 0 saturated carbocycles. The molecule has 116 valence electrons. The third kappa shape index (κ3) is 2.92. The van der Waals surface area contributed by atoms with Crippen molar-refractivity contribution >= 4 is 0 Å². The van der Waals surface area contributed by atoms with Crippen molar-refractivity contribution in [3.8, 4) is 22.5 Å². The molecule has 3 aromatic rings. The second kappa shape index (κ2) is 6.39. The van der Waals surface area contributed by atoms with Crippen LogP contribution in [-0.4, -0.2) is 22.1 Å². The van der Waals surface area contributed by atoms with Gasteiger partial charge in [0.05, 0.1) is 17.7 Å². The molecule has 0 unspecified atom stereocenters. The van der Waals surface area contributed by atoms with Crippen LogP contribution in [0.5, 0.6) is 0 Å². The normalized spacial score (nSPS) is 17.5. The minimum atomic E-state index is 0.551. The Bertz CT molecular complexity index is 756. The van der Waals surface area contributed by atoms with E-state index in [-0.39, 0.29) is 0 Å². The molecule has 1 atom stereocenters. The molecule has 3 heteroatoms. The summed E-state index contributed by atoms with van der Waals surface area (Å²) >= 11 is 0. The summed E-state index contributed by atoms with van der Waals surface area (Å²) in [6.45, 7) is 2.11. The first-order chi connectivity index (χ1) is 11.4. The molecule has 0 aliphatic carbocycles. The number of hydrogen-bond donors (Lipinski definition) is 1. The zero-order valence-corrected chi connectivity index (χ0v) is 13.2. The van der Waals surface area contributed by atoms with E-state index >= 15 is 0 Å². The molecule has 1 aromatic heterocycles. The maximum absolute atomic E-state index is 4.74. The van der Waals surface area contributed by atoms with E-state index in [0.717, 1.165) is 18.8 Å². The maximum atomic E-state index is 4.74. The van der Waals surface area contributed by atoms with E-state index in [9.17, 15) is 0 Å². The predicted molar refractivity (Wildman–Crippen MR) is 94.1 cm³/mol. The number of aromatic nitrogens is 2. The van der Waals surface area contributed by atoms with Gasteiger partial charge < -0.3 is 9.88 Å². The van der Waals surface area contributed by atoms with E-state index < -0.39 is 0 Å². The van der Waals surface area contributed by atoms with Gasteiger partial charge in [0.25, 0.3) is 0 Å². The van der Waals surface area contributed by atoms with E-state index in [2.05, 4.69) is 64.5 Å². The van der Waals surface area contributed by atoms with Crippen LogP contribution in [-0.2, 0) is 6.54 Å². The molecular formula is C20H21N3. The summed E-state index contributed by atoms with van der Waals surface area (Å²) < 4.78 is 2.31. The van der Waals surface area contributed by atoms with E-state index in [4.69, 9.17) is 4.98 Å². The second-order valence-corrected chi connectivity index (χ2v) is 6.12. The molecule has 0 radical (unpaired) electrons. The van der Waals surface area contributed by atoms with Gasteiger partial charge in [-0.1, -0.05) is 60.7 Å². The second-order valence-electron chi connectivity index (χ2n) is 6.12. The average Bonchev–Trinajstić information content (AvgIpc) is 3.27. The SMILES string of the molecule is c1ccc(-c2ncn(C[C@@H]3CCCN3)c2-c2ccccc2)cc1. The lowest BCUT2D eigenvalue weighted by Gasteiger charge is -2.15. The fourth-order valence-corrected chi connectivity index (χ4v) is 3.38. The van der Waals surface area contributed by atoms with Crippen molar-refractivity contribution in [1.82, 2.24) is 14.9 Å². The smallest absolute Gasteiger partial charge is 0.0963 e. The van der Waals surface area contributed by atoms with Crippen molar-refractivity contribution in [1.29, 1.82) is 0 Å². The van der Waals surface area contributed by atoms with Crippen LogP contribution in [0.2, 0.25) is 0 Å². The Hall–Kier alpha value is -2.39. The standard InChI is InChI=1S/C20H21N3/c1-3-8-16(9-4-1)19-20(17-10-5-2-6-11-17)23(15-22-19)14-18-12-7-13-21-18/h1-6,8-11,15,18,21H,7,12-14H2/t18-/m0/s1. The minimum absolute atomic E-state index is 0.551. The Balaban J connectivity index is 1.79. The van der Waals surface area contributed by atoms with Crippen LogP contribution in [0.1, 0.15) is 12.8 Å². The molecule has 2 aromatic carbocycles.